The summed E-state index contributed by atoms with van der Waals surface area (Å²) >= 11 is 0. The fourth-order valence-corrected chi connectivity index (χ4v) is 1.45. The lowest BCUT2D eigenvalue weighted by Gasteiger charge is -2.19. The van der Waals surface area contributed by atoms with Crippen molar-refractivity contribution in [2.75, 3.05) is 0 Å². The number of hydrogen-bond acceptors (Lipinski definition) is 0. The highest BCUT2D eigenvalue weighted by molar-refractivity contribution is 5.33. The van der Waals surface area contributed by atoms with E-state index in [-0.39, 0.29) is 0 Å². The lowest BCUT2D eigenvalue weighted by Crippen LogP contribution is -2.07. The smallest absolute Gasteiger partial charge is 0.00212 e. The third kappa shape index (κ3) is 2.00. The van der Waals surface area contributed by atoms with Gasteiger partial charge >= 0.3 is 0 Å². The Kier molecular flexibility index (Phi) is 2.46. The predicted molar refractivity (Wildman–Crippen MR) is 55.0 cm³/mol. The molecule has 0 fully saturated rings. The van der Waals surface area contributed by atoms with Gasteiger partial charge in [0.05, 0.1) is 0 Å². The van der Waals surface area contributed by atoms with E-state index in [0.29, 0.717) is 11.3 Å². The summed E-state index contributed by atoms with van der Waals surface area (Å²) in [5.74, 6) is 1.40. The fourth-order valence-electron chi connectivity index (χ4n) is 1.45. The van der Waals surface area contributed by atoms with Crippen molar-refractivity contribution >= 4 is 0 Å². The van der Waals surface area contributed by atoms with Gasteiger partial charge in [0.15, 0.2) is 0 Å². The molecule has 0 amide bonds. The number of hydrogen-bond donors (Lipinski definition) is 0. The average molecular weight is 164 g/mol. The molecule has 0 aromatic carbocycles. The minimum Gasteiger partial charge on any atom is -0.0771 e. The Morgan fingerprint density at radius 3 is 2.08 bits per heavy atom. The van der Waals surface area contributed by atoms with Crippen molar-refractivity contribution in [3.63, 3.8) is 0 Å². The molecule has 1 atom stereocenters. The van der Waals surface area contributed by atoms with Crippen LogP contribution in [-0.2, 0) is 0 Å². The summed E-state index contributed by atoms with van der Waals surface area (Å²) in [4.78, 5) is 0. The van der Waals surface area contributed by atoms with Gasteiger partial charge in [-0.3, -0.25) is 0 Å². The van der Waals surface area contributed by atoms with Gasteiger partial charge in [0.2, 0.25) is 0 Å². The Morgan fingerprint density at radius 1 is 1.25 bits per heavy atom. The van der Waals surface area contributed by atoms with Crippen molar-refractivity contribution in [1.29, 1.82) is 0 Å². The molecule has 0 radical (unpaired) electrons. The second-order valence-corrected chi connectivity index (χ2v) is 5.05. The van der Waals surface area contributed by atoms with E-state index < -0.39 is 0 Å². The summed E-state index contributed by atoms with van der Waals surface area (Å²) in [6.45, 7) is 11.4. The zero-order valence-corrected chi connectivity index (χ0v) is 8.89. The summed E-state index contributed by atoms with van der Waals surface area (Å²) in [5, 5.41) is 0. The van der Waals surface area contributed by atoms with Crippen LogP contribution >= 0.6 is 0 Å². The first-order chi connectivity index (χ1) is 5.41. The van der Waals surface area contributed by atoms with E-state index in [4.69, 9.17) is 0 Å². The van der Waals surface area contributed by atoms with E-state index in [9.17, 15) is 0 Å². The Balaban J connectivity index is 2.75. The second kappa shape index (κ2) is 3.08. The number of rotatable bonds is 1. The molecule has 0 aromatic heterocycles. The molecule has 0 spiro atoms. The molecule has 0 saturated heterocycles. The van der Waals surface area contributed by atoms with Crippen LogP contribution in [0.1, 0.15) is 34.6 Å². The third-order valence-electron chi connectivity index (χ3n) is 2.51. The van der Waals surface area contributed by atoms with Crippen molar-refractivity contribution in [3.8, 4) is 0 Å². The Labute approximate surface area is 76.4 Å². The normalized spacial score (nSPS) is 23.5. The molecule has 0 heteroatoms. The highest BCUT2D eigenvalue weighted by atomic mass is 14.3. The molecule has 68 valence electrons. The molecule has 1 rings (SSSR count). The van der Waals surface area contributed by atoms with Gasteiger partial charge < -0.3 is 0 Å². The Bertz CT molecular complexity index is 211. The van der Waals surface area contributed by atoms with Gasteiger partial charge in [0.25, 0.3) is 0 Å². The minimum absolute atomic E-state index is 0.320. The van der Waals surface area contributed by atoms with Gasteiger partial charge in [0, 0.05) is 0 Å². The molecule has 1 aliphatic rings. The molecule has 0 saturated carbocycles. The van der Waals surface area contributed by atoms with Gasteiger partial charge in [-0.25, -0.2) is 0 Å². The zero-order valence-electron chi connectivity index (χ0n) is 8.89. The second-order valence-electron chi connectivity index (χ2n) is 5.05. The van der Waals surface area contributed by atoms with Crippen LogP contribution in [0.25, 0.3) is 0 Å². The maximum absolute atomic E-state index is 2.41. The van der Waals surface area contributed by atoms with E-state index in [0.717, 1.165) is 5.92 Å². The largest absolute Gasteiger partial charge is 0.0771 e. The van der Waals surface area contributed by atoms with Crippen LogP contribution in [-0.4, -0.2) is 0 Å². The molecule has 1 aliphatic carbocycles. The van der Waals surface area contributed by atoms with Crippen LogP contribution in [0, 0.1) is 17.3 Å². The highest BCUT2D eigenvalue weighted by Gasteiger charge is 2.21. The lowest BCUT2D eigenvalue weighted by molar-refractivity contribution is 0.507. The van der Waals surface area contributed by atoms with Crippen molar-refractivity contribution in [2.45, 2.75) is 34.6 Å². The zero-order chi connectivity index (χ0) is 9.35. The van der Waals surface area contributed by atoms with Crippen LogP contribution < -0.4 is 0 Å². The summed E-state index contributed by atoms with van der Waals surface area (Å²) in [5.41, 5.74) is 1.81. The Morgan fingerprint density at radius 2 is 1.83 bits per heavy atom. The third-order valence-corrected chi connectivity index (χ3v) is 2.51. The summed E-state index contributed by atoms with van der Waals surface area (Å²) in [6, 6.07) is 0. The molecule has 0 bridgehead atoms. The van der Waals surface area contributed by atoms with Crippen LogP contribution in [0.2, 0.25) is 0 Å². The van der Waals surface area contributed by atoms with Gasteiger partial charge in [-0.2, -0.15) is 0 Å². The van der Waals surface area contributed by atoms with Crippen molar-refractivity contribution < 1.29 is 0 Å². The van der Waals surface area contributed by atoms with E-state index in [1.165, 1.54) is 5.57 Å². The molecule has 0 nitrogen and oxygen atoms in total. The van der Waals surface area contributed by atoms with Crippen LogP contribution in [0.15, 0.2) is 23.8 Å². The molecule has 0 N–H and O–H groups in total. The van der Waals surface area contributed by atoms with Crippen molar-refractivity contribution in [1.82, 2.24) is 0 Å². The summed E-state index contributed by atoms with van der Waals surface area (Å²) in [6.07, 6.45) is 7.01. The minimum atomic E-state index is 0.320. The average Bonchev–Trinajstić information content (AvgIpc) is 2.30. The molecule has 12 heavy (non-hydrogen) atoms. The van der Waals surface area contributed by atoms with Gasteiger partial charge in [-0.15, -0.1) is 0 Å². The first kappa shape index (κ1) is 9.57. The fraction of sp³-hybridized carbons (Fsp3) is 0.667. The quantitative estimate of drug-likeness (QED) is 0.553. The summed E-state index contributed by atoms with van der Waals surface area (Å²) in [7, 11) is 0. The van der Waals surface area contributed by atoms with E-state index in [1.807, 2.05) is 0 Å². The topological polar surface area (TPSA) is 0 Å². The first-order valence-electron chi connectivity index (χ1n) is 4.82. The van der Waals surface area contributed by atoms with E-state index >= 15 is 0 Å². The lowest BCUT2D eigenvalue weighted by atomic mass is 9.86. The first-order valence-corrected chi connectivity index (χ1v) is 4.82. The molecular weight excluding hydrogens is 144 g/mol. The molecule has 0 heterocycles. The maximum Gasteiger partial charge on any atom is -0.00212 e. The maximum atomic E-state index is 2.41. The highest BCUT2D eigenvalue weighted by Crippen LogP contribution is 2.33. The molecule has 0 aromatic rings. The van der Waals surface area contributed by atoms with Crippen LogP contribution in [0.4, 0.5) is 0 Å². The van der Waals surface area contributed by atoms with Crippen LogP contribution in [0.5, 0.6) is 0 Å². The summed E-state index contributed by atoms with van der Waals surface area (Å²) < 4.78 is 0. The van der Waals surface area contributed by atoms with Crippen molar-refractivity contribution in [3.05, 3.63) is 23.8 Å². The predicted octanol–water partition coefficient (Wildman–Crippen LogP) is 3.80. The van der Waals surface area contributed by atoms with E-state index in [2.05, 4.69) is 52.8 Å². The number of allylic oxidation sites excluding steroid dienone is 4. The monoisotopic (exact) mass is 164 g/mol. The van der Waals surface area contributed by atoms with Gasteiger partial charge in [-0.1, -0.05) is 52.8 Å². The van der Waals surface area contributed by atoms with E-state index in [1.54, 1.807) is 0 Å². The van der Waals surface area contributed by atoms with Gasteiger partial charge in [0.1, 0.15) is 0 Å². The van der Waals surface area contributed by atoms with Gasteiger partial charge in [-0.05, 0) is 22.8 Å². The SMILES string of the molecule is CC(C)C1C=CC(C(C)(C)C)=C1. The molecular formula is C12H20. The molecule has 0 aliphatic heterocycles. The van der Waals surface area contributed by atoms with Crippen molar-refractivity contribution in [2.24, 2.45) is 17.3 Å². The van der Waals surface area contributed by atoms with Crippen LogP contribution in [0.3, 0.4) is 0 Å². The molecule has 1 unspecified atom stereocenters. The Hall–Kier alpha value is -0.520. The standard InChI is InChI=1S/C12H20/c1-9(2)10-6-7-11(8-10)12(3,4)5/h6-10H,1-5H3.